The van der Waals surface area contributed by atoms with E-state index in [1.54, 1.807) is 34.3 Å². The summed E-state index contributed by atoms with van der Waals surface area (Å²) in [7, 11) is 3.21. The number of nitrogens with zero attached hydrogens (tertiary/aromatic N) is 9. The molecule has 2 aromatic carbocycles. The predicted molar refractivity (Wildman–Crippen MR) is 300 cm³/mol. The molecule has 10 rings (SSSR count). The number of thioether (sulfide) groups is 2. The van der Waals surface area contributed by atoms with E-state index in [0.29, 0.717) is 95.4 Å². The SMILES string of the molecule is COc1ccc2ncc(=O)n(CCN3CCC(N(Cc4nc5c(cc4Cl)SCC(=O)N5)C(=O)OC(C)(C)C)CC3)c2c1.COc1ccc2ncc(=O)n(CCN3CCC(NCc4nc5c(cc4Cl)SCC(=O)N5)CC3)c2c1. The maximum atomic E-state index is 13.4. The van der Waals surface area contributed by atoms with E-state index in [2.05, 4.69) is 45.7 Å². The van der Waals surface area contributed by atoms with Crippen molar-refractivity contribution in [1.82, 2.24) is 49.1 Å². The Morgan fingerprint density at radius 2 is 1.18 bits per heavy atom. The highest BCUT2D eigenvalue weighted by atomic mass is 35.5. The molecule has 20 nitrogen and oxygen atoms in total. The highest BCUT2D eigenvalue weighted by Gasteiger charge is 2.33. The molecule has 0 unspecified atom stereocenters. The number of likely N-dealkylation sites (tertiary alicyclic amines) is 2. The second kappa shape index (κ2) is 24.8. The van der Waals surface area contributed by atoms with Gasteiger partial charge in [0, 0.05) is 70.0 Å². The second-order valence-corrected chi connectivity index (χ2v) is 22.9. The van der Waals surface area contributed by atoms with Crippen molar-refractivity contribution in [2.75, 3.05) is 75.6 Å². The fourth-order valence-corrected chi connectivity index (χ4v) is 11.8. The molecule has 6 aromatic rings. The Morgan fingerprint density at radius 1 is 0.701 bits per heavy atom. The van der Waals surface area contributed by atoms with Crippen molar-refractivity contribution < 1.29 is 28.6 Å². The number of carbonyl (C=O) groups excluding carboxylic acids is 3. The van der Waals surface area contributed by atoms with Gasteiger partial charge in [-0.25, -0.2) is 24.7 Å². The number of aromatic nitrogens is 6. The number of fused-ring (bicyclic) bond motifs is 4. The van der Waals surface area contributed by atoms with Crippen LogP contribution in [-0.4, -0.2) is 144 Å². The zero-order chi connectivity index (χ0) is 54.4. The van der Waals surface area contributed by atoms with Crippen LogP contribution in [0.25, 0.3) is 22.1 Å². The van der Waals surface area contributed by atoms with Crippen LogP contribution in [0, 0.1) is 0 Å². The summed E-state index contributed by atoms with van der Waals surface area (Å²) in [6.07, 6.45) is 5.73. The first-order chi connectivity index (χ1) is 37.0. The normalized spacial score (nSPS) is 16.5. The molecule has 8 heterocycles. The van der Waals surface area contributed by atoms with Gasteiger partial charge in [-0.05, 0) is 95.9 Å². The van der Waals surface area contributed by atoms with Crippen LogP contribution in [-0.2, 0) is 40.5 Å². The summed E-state index contributed by atoms with van der Waals surface area (Å²) in [4.78, 5) is 88.0. The lowest BCUT2D eigenvalue weighted by Crippen LogP contribution is -2.49. The minimum absolute atomic E-state index is 0.0373. The molecule has 4 aliphatic heterocycles. The van der Waals surface area contributed by atoms with Crippen LogP contribution in [0.15, 0.2) is 80.3 Å². The average Bonchev–Trinajstić information content (AvgIpc) is 3.41. The van der Waals surface area contributed by atoms with Crippen LogP contribution in [0.5, 0.6) is 11.5 Å². The van der Waals surface area contributed by atoms with Crippen LogP contribution < -0.4 is 36.5 Å². The molecular weight excluding hydrogens is 1070 g/mol. The van der Waals surface area contributed by atoms with E-state index in [9.17, 15) is 24.0 Å². The topological polar surface area (TPSA) is 220 Å². The van der Waals surface area contributed by atoms with E-state index in [1.165, 1.54) is 35.9 Å². The number of ether oxygens (including phenoxy) is 3. The minimum Gasteiger partial charge on any atom is -0.497 e. The first kappa shape index (κ1) is 55.7. The smallest absolute Gasteiger partial charge is 0.410 e. The van der Waals surface area contributed by atoms with E-state index in [1.807, 2.05) is 63.2 Å². The Hall–Kier alpha value is -6.01. The number of halogens is 2. The van der Waals surface area contributed by atoms with Gasteiger partial charge in [-0.2, -0.15) is 0 Å². The quantitative estimate of drug-likeness (QED) is 0.0986. The Bertz CT molecular complexity index is 3290. The third kappa shape index (κ3) is 14.0. The van der Waals surface area contributed by atoms with Gasteiger partial charge in [-0.1, -0.05) is 23.2 Å². The van der Waals surface area contributed by atoms with E-state index >= 15 is 0 Å². The lowest BCUT2D eigenvalue weighted by atomic mass is 10.0. The van der Waals surface area contributed by atoms with Crippen molar-refractivity contribution in [2.45, 2.75) is 100 Å². The van der Waals surface area contributed by atoms with Gasteiger partial charge >= 0.3 is 6.09 Å². The molecule has 408 valence electrons. The number of carbonyl (C=O) groups is 3. The Kier molecular flexibility index (Phi) is 17.9. The van der Waals surface area contributed by atoms with Crippen LogP contribution in [0.1, 0.15) is 57.8 Å². The van der Waals surface area contributed by atoms with Crippen molar-refractivity contribution in [3.05, 3.63) is 103 Å². The summed E-state index contributed by atoms with van der Waals surface area (Å²) in [6.45, 7) is 12.1. The molecule has 24 heteroatoms. The predicted octanol–water partition coefficient (Wildman–Crippen LogP) is 7.15. The minimum atomic E-state index is -0.670. The molecule has 2 fully saturated rings. The Labute approximate surface area is 463 Å². The van der Waals surface area contributed by atoms with Gasteiger partial charge in [0.05, 0.1) is 98.0 Å². The molecule has 0 bridgehead atoms. The molecule has 2 saturated heterocycles. The molecular formula is C53H62Cl2N12O8S2. The van der Waals surface area contributed by atoms with Crippen molar-refractivity contribution in [3.63, 3.8) is 0 Å². The highest BCUT2D eigenvalue weighted by molar-refractivity contribution is 8.00. The van der Waals surface area contributed by atoms with E-state index in [4.69, 9.17) is 37.4 Å². The zero-order valence-electron chi connectivity index (χ0n) is 43.6. The van der Waals surface area contributed by atoms with Gasteiger partial charge < -0.3 is 49.1 Å². The third-order valence-corrected chi connectivity index (χ3v) is 16.5. The number of rotatable bonds is 14. The van der Waals surface area contributed by atoms with Crippen LogP contribution in [0.4, 0.5) is 16.4 Å². The molecule has 4 aromatic heterocycles. The summed E-state index contributed by atoms with van der Waals surface area (Å²) in [5.41, 5.74) is 3.35. The number of benzene rings is 2. The molecule has 0 aliphatic carbocycles. The Morgan fingerprint density at radius 3 is 1.68 bits per heavy atom. The summed E-state index contributed by atoms with van der Waals surface area (Å²) < 4.78 is 19.9. The number of nitrogens with one attached hydrogen (secondary N) is 3. The highest BCUT2D eigenvalue weighted by Crippen LogP contribution is 2.36. The van der Waals surface area contributed by atoms with Crippen LogP contribution in [0.3, 0.4) is 0 Å². The van der Waals surface area contributed by atoms with Gasteiger partial charge in [0.25, 0.3) is 11.1 Å². The summed E-state index contributed by atoms with van der Waals surface area (Å²) in [6, 6.07) is 15.0. The molecule has 3 N–H and O–H groups in total. The molecule has 77 heavy (non-hydrogen) atoms. The monoisotopic (exact) mass is 1130 g/mol. The Balaban J connectivity index is 0.000000191. The number of piperidine rings is 2. The number of amides is 3. The molecule has 0 saturated carbocycles. The maximum absolute atomic E-state index is 13.4. The van der Waals surface area contributed by atoms with Crippen molar-refractivity contribution in [3.8, 4) is 11.5 Å². The van der Waals surface area contributed by atoms with E-state index in [0.717, 1.165) is 83.1 Å². The number of hydrogen-bond donors (Lipinski definition) is 3. The zero-order valence-corrected chi connectivity index (χ0v) is 46.8. The first-order valence-electron chi connectivity index (χ1n) is 25.5. The van der Waals surface area contributed by atoms with E-state index < -0.39 is 11.7 Å². The number of anilines is 2. The van der Waals surface area contributed by atoms with Gasteiger partial charge in [0.15, 0.2) is 0 Å². The molecule has 0 atom stereocenters. The van der Waals surface area contributed by atoms with Crippen molar-refractivity contribution >= 4 is 98.3 Å². The number of pyridine rings is 2. The lowest BCUT2D eigenvalue weighted by Gasteiger charge is -2.39. The van der Waals surface area contributed by atoms with E-state index in [-0.39, 0.29) is 35.5 Å². The number of methoxy groups -OCH3 is 2. The average molecular weight is 1130 g/mol. The summed E-state index contributed by atoms with van der Waals surface area (Å²) in [5, 5.41) is 10.2. The van der Waals surface area contributed by atoms with Gasteiger partial charge in [0.2, 0.25) is 11.8 Å². The van der Waals surface area contributed by atoms with Crippen molar-refractivity contribution in [2.24, 2.45) is 0 Å². The van der Waals surface area contributed by atoms with Crippen molar-refractivity contribution in [1.29, 1.82) is 0 Å². The maximum Gasteiger partial charge on any atom is 0.410 e. The number of hydrogen-bond acceptors (Lipinski definition) is 17. The van der Waals surface area contributed by atoms with Gasteiger partial charge in [-0.15, -0.1) is 23.5 Å². The standard InChI is InChI=1S/C29H35ClN6O5S.C24H27ClN6O3S/c1-29(2,3)41-28(39)36(16-22-20(30)14-24-27(32-22)33-25(37)17-42-24)18-7-9-34(10-8-18)11-12-35-23-13-19(40-4)5-6-21(23)31-15-26(35)38;1-34-16-2-3-18-20(10-16)31(23(33)13-27-18)9-8-30-6-4-15(5-7-30)26-12-19-17(25)11-21-24(28-19)29-22(32)14-35-21/h5-6,13-15,18H,7-12,16-17H2,1-4H3,(H,32,33,37);2-3,10-11,13,15,26H,4-9,12,14H2,1H3,(H,28,29,32). The largest absolute Gasteiger partial charge is 0.497 e. The summed E-state index contributed by atoms with van der Waals surface area (Å²) >= 11 is 15.9. The molecule has 0 radical (unpaired) electrons. The van der Waals surface area contributed by atoms with Crippen LogP contribution >= 0.6 is 46.7 Å². The molecule has 4 aliphatic rings. The van der Waals surface area contributed by atoms with Gasteiger partial charge in [0.1, 0.15) is 28.7 Å². The lowest BCUT2D eigenvalue weighted by molar-refractivity contribution is -0.114. The molecule has 3 amide bonds. The third-order valence-electron chi connectivity index (χ3n) is 13.7. The molecule has 0 spiro atoms. The van der Waals surface area contributed by atoms with Crippen LogP contribution in [0.2, 0.25) is 10.0 Å². The van der Waals surface area contributed by atoms with Gasteiger partial charge in [-0.3, -0.25) is 24.1 Å². The fourth-order valence-electron chi connectivity index (χ4n) is 9.64. The first-order valence-corrected chi connectivity index (χ1v) is 28.2. The second-order valence-electron chi connectivity index (χ2n) is 20.1. The summed E-state index contributed by atoms with van der Waals surface area (Å²) in [5.74, 6) is 2.98. The fraction of sp³-hybridized carbons (Fsp3) is 0.453.